The summed E-state index contributed by atoms with van der Waals surface area (Å²) in [5.41, 5.74) is 1.63. The molecule has 8 heteroatoms. The number of pyridine rings is 1. The SMILES string of the molecule is CCOc1ccc(C(=O)N2CCC(NC(=O)c3ccc(=O)n(Cc4ccccc4Cl)c3)CC2)cc1. The summed E-state index contributed by atoms with van der Waals surface area (Å²) in [5, 5.41) is 3.61. The van der Waals surface area contributed by atoms with Crippen LogP contribution in [0.3, 0.4) is 0 Å². The van der Waals surface area contributed by atoms with E-state index in [0.717, 1.165) is 11.3 Å². The van der Waals surface area contributed by atoms with Gasteiger partial charge in [0.25, 0.3) is 17.4 Å². The minimum Gasteiger partial charge on any atom is -0.494 e. The molecule has 0 atom stereocenters. The van der Waals surface area contributed by atoms with Crippen molar-refractivity contribution in [1.29, 1.82) is 0 Å². The van der Waals surface area contributed by atoms with Crippen LogP contribution in [0.4, 0.5) is 0 Å². The second kappa shape index (κ2) is 11.2. The highest BCUT2D eigenvalue weighted by molar-refractivity contribution is 6.31. The number of carbonyl (C=O) groups excluding carboxylic acids is 2. The number of piperidine rings is 1. The molecule has 2 aromatic carbocycles. The Morgan fingerprint density at radius 2 is 1.69 bits per heavy atom. The average Bonchev–Trinajstić information content (AvgIpc) is 2.87. The maximum atomic E-state index is 12.9. The van der Waals surface area contributed by atoms with Crippen molar-refractivity contribution in [2.75, 3.05) is 19.7 Å². The molecular weight excluding hydrogens is 466 g/mol. The van der Waals surface area contributed by atoms with Gasteiger partial charge in [-0.1, -0.05) is 29.8 Å². The van der Waals surface area contributed by atoms with Gasteiger partial charge in [-0.3, -0.25) is 14.4 Å². The number of hydrogen-bond donors (Lipinski definition) is 1. The minimum absolute atomic E-state index is 0.0236. The fraction of sp³-hybridized carbons (Fsp3) is 0.296. The second-order valence-electron chi connectivity index (χ2n) is 8.47. The third kappa shape index (κ3) is 6.11. The smallest absolute Gasteiger partial charge is 0.253 e. The first-order valence-electron chi connectivity index (χ1n) is 11.7. The first kappa shape index (κ1) is 24.5. The van der Waals surface area contributed by atoms with Gasteiger partial charge in [0, 0.05) is 42.0 Å². The fourth-order valence-corrected chi connectivity index (χ4v) is 4.33. The molecule has 0 bridgehead atoms. The standard InChI is InChI=1S/C27H28ClN3O4/c1-2-35-23-10-7-19(8-11-23)27(34)30-15-13-22(14-16-30)29-26(33)21-9-12-25(32)31(18-21)17-20-5-3-4-6-24(20)28/h3-12,18,22H,2,13-17H2,1H3,(H,29,33). The molecule has 1 aromatic heterocycles. The molecule has 4 rings (SSSR count). The van der Waals surface area contributed by atoms with Crippen LogP contribution in [0.2, 0.25) is 5.02 Å². The Morgan fingerprint density at radius 3 is 2.37 bits per heavy atom. The van der Waals surface area contributed by atoms with Crippen molar-refractivity contribution in [3.05, 3.63) is 98.9 Å². The van der Waals surface area contributed by atoms with Gasteiger partial charge in [-0.2, -0.15) is 0 Å². The molecule has 1 N–H and O–H groups in total. The molecule has 1 saturated heterocycles. The quantitative estimate of drug-likeness (QED) is 0.539. The van der Waals surface area contributed by atoms with Gasteiger partial charge in [0.1, 0.15) is 5.75 Å². The number of likely N-dealkylation sites (tertiary alicyclic amines) is 1. The van der Waals surface area contributed by atoms with E-state index in [0.29, 0.717) is 48.7 Å². The summed E-state index contributed by atoms with van der Waals surface area (Å²) in [4.78, 5) is 39.8. The Hall–Kier alpha value is -3.58. The van der Waals surface area contributed by atoms with Crippen LogP contribution in [0.5, 0.6) is 5.75 Å². The number of carbonyl (C=O) groups is 2. The predicted octanol–water partition coefficient (Wildman–Crippen LogP) is 3.98. The van der Waals surface area contributed by atoms with E-state index in [1.54, 1.807) is 36.5 Å². The second-order valence-corrected chi connectivity index (χ2v) is 8.88. The molecule has 2 amide bonds. The topological polar surface area (TPSA) is 80.6 Å². The third-order valence-corrected chi connectivity index (χ3v) is 6.44. The van der Waals surface area contributed by atoms with Gasteiger partial charge >= 0.3 is 0 Å². The Kier molecular flexibility index (Phi) is 7.87. The van der Waals surface area contributed by atoms with Crippen molar-refractivity contribution in [3.8, 4) is 5.75 Å². The van der Waals surface area contributed by atoms with E-state index in [-0.39, 0.29) is 30.0 Å². The molecule has 7 nitrogen and oxygen atoms in total. The molecule has 3 aromatic rings. The first-order valence-corrected chi connectivity index (χ1v) is 12.1. The molecule has 0 spiro atoms. The van der Waals surface area contributed by atoms with Crippen LogP contribution >= 0.6 is 11.6 Å². The van der Waals surface area contributed by atoms with Crippen molar-refractivity contribution in [2.24, 2.45) is 0 Å². The van der Waals surface area contributed by atoms with Crippen molar-refractivity contribution in [3.63, 3.8) is 0 Å². The molecular formula is C27H28ClN3O4. The molecule has 1 aliphatic heterocycles. The maximum Gasteiger partial charge on any atom is 0.253 e. The molecule has 0 radical (unpaired) electrons. The number of amides is 2. The summed E-state index contributed by atoms with van der Waals surface area (Å²) in [6.45, 7) is 3.89. The molecule has 1 fully saturated rings. The van der Waals surface area contributed by atoms with E-state index >= 15 is 0 Å². The number of nitrogens with one attached hydrogen (secondary N) is 1. The number of benzene rings is 2. The predicted molar refractivity (Wildman–Crippen MR) is 135 cm³/mol. The van der Waals surface area contributed by atoms with Crippen LogP contribution in [-0.4, -0.2) is 47.0 Å². The number of rotatable bonds is 7. The van der Waals surface area contributed by atoms with Gasteiger partial charge in [-0.15, -0.1) is 0 Å². The van der Waals surface area contributed by atoms with E-state index in [2.05, 4.69) is 5.32 Å². The number of ether oxygens (including phenoxy) is 1. The number of aromatic nitrogens is 1. The Balaban J connectivity index is 1.34. The van der Waals surface area contributed by atoms with Crippen molar-refractivity contribution in [2.45, 2.75) is 32.4 Å². The number of halogens is 1. The van der Waals surface area contributed by atoms with Crippen LogP contribution in [-0.2, 0) is 6.54 Å². The van der Waals surface area contributed by atoms with Crippen LogP contribution in [0, 0.1) is 0 Å². The average molecular weight is 494 g/mol. The summed E-state index contributed by atoms with van der Waals surface area (Å²) in [5.74, 6) is 0.474. The summed E-state index contributed by atoms with van der Waals surface area (Å²) in [6.07, 6.45) is 2.88. The molecule has 0 unspecified atom stereocenters. The van der Waals surface area contributed by atoms with E-state index in [4.69, 9.17) is 16.3 Å². The normalized spacial score (nSPS) is 13.9. The van der Waals surface area contributed by atoms with Gasteiger partial charge in [-0.05, 0) is 61.7 Å². The van der Waals surface area contributed by atoms with Crippen LogP contribution in [0.15, 0.2) is 71.7 Å². The van der Waals surface area contributed by atoms with Crippen LogP contribution in [0.25, 0.3) is 0 Å². The highest BCUT2D eigenvalue weighted by Crippen LogP contribution is 2.18. The highest BCUT2D eigenvalue weighted by Gasteiger charge is 2.25. The lowest BCUT2D eigenvalue weighted by molar-refractivity contribution is 0.0698. The van der Waals surface area contributed by atoms with Gasteiger partial charge in [0.2, 0.25) is 0 Å². The molecule has 0 aliphatic carbocycles. The monoisotopic (exact) mass is 493 g/mol. The lowest BCUT2D eigenvalue weighted by Gasteiger charge is -2.32. The van der Waals surface area contributed by atoms with Crippen LogP contribution in [0.1, 0.15) is 46.0 Å². The van der Waals surface area contributed by atoms with Crippen molar-refractivity contribution in [1.82, 2.24) is 14.8 Å². The maximum absolute atomic E-state index is 12.9. The zero-order valence-corrected chi connectivity index (χ0v) is 20.3. The van der Waals surface area contributed by atoms with Gasteiger partial charge in [0.15, 0.2) is 0 Å². The summed E-state index contributed by atoms with van der Waals surface area (Å²) in [6, 6.07) is 17.3. The minimum atomic E-state index is -0.241. The zero-order valence-electron chi connectivity index (χ0n) is 19.6. The van der Waals surface area contributed by atoms with E-state index in [9.17, 15) is 14.4 Å². The molecule has 0 saturated carbocycles. The van der Waals surface area contributed by atoms with Gasteiger partial charge in [0.05, 0.1) is 18.7 Å². The summed E-state index contributed by atoms with van der Waals surface area (Å²) >= 11 is 6.22. The van der Waals surface area contributed by atoms with E-state index in [1.165, 1.54) is 16.7 Å². The molecule has 35 heavy (non-hydrogen) atoms. The van der Waals surface area contributed by atoms with Gasteiger partial charge in [-0.25, -0.2) is 0 Å². The number of hydrogen-bond acceptors (Lipinski definition) is 4. The van der Waals surface area contributed by atoms with Crippen molar-refractivity contribution < 1.29 is 14.3 Å². The molecule has 1 aliphatic rings. The summed E-state index contributed by atoms with van der Waals surface area (Å²) in [7, 11) is 0. The lowest BCUT2D eigenvalue weighted by Crippen LogP contribution is -2.46. The lowest BCUT2D eigenvalue weighted by atomic mass is 10.0. The fourth-order valence-electron chi connectivity index (χ4n) is 4.14. The Labute approximate surface area is 209 Å². The third-order valence-electron chi connectivity index (χ3n) is 6.07. The van der Waals surface area contributed by atoms with Gasteiger partial charge < -0.3 is 19.5 Å². The largest absolute Gasteiger partial charge is 0.494 e. The molecule has 2 heterocycles. The Morgan fingerprint density at radius 1 is 1.00 bits per heavy atom. The van der Waals surface area contributed by atoms with E-state index in [1.807, 2.05) is 30.0 Å². The Bertz CT molecular complexity index is 1250. The highest BCUT2D eigenvalue weighted by atomic mass is 35.5. The first-order chi connectivity index (χ1) is 16.9. The van der Waals surface area contributed by atoms with E-state index < -0.39 is 0 Å². The van der Waals surface area contributed by atoms with Crippen LogP contribution < -0.4 is 15.6 Å². The summed E-state index contributed by atoms with van der Waals surface area (Å²) < 4.78 is 6.91. The van der Waals surface area contributed by atoms with Crippen molar-refractivity contribution >= 4 is 23.4 Å². The zero-order chi connectivity index (χ0) is 24.8. The molecule has 182 valence electrons. The number of nitrogens with zero attached hydrogens (tertiary/aromatic N) is 2.